The third kappa shape index (κ3) is 3.95. The maximum atomic E-state index is 9.08. The highest BCUT2D eigenvalue weighted by Gasteiger charge is 2.12. The predicted molar refractivity (Wildman–Crippen MR) is 78.3 cm³/mol. The number of aryl methyl sites for hydroxylation is 1. The number of rotatable bonds is 4. The maximum Gasteiger partial charge on any atom is 0.101 e. The Morgan fingerprint density at radius 3 is 2.68 bits per heavy atom. The molecule has 0 spiro atoms. The van der Waals surface area contributed by atoms with E-state index in [4.69, 9.17) is 5.26 Å². The van der Waals surface area contributed by atoms with Crippen molar-refractivity contribution in [3.8, 4) is 6.07 Å². The highest BCUT2D eigenvalue weighted by molar-refractivity contribution is 5.58. The number of nitrogens with zero attached hydrogens (tertiary/aromatic N) is 3. The lowest BCUT2D eigenvalue weighted by Crippen LogP contribution is -2.45. The van der Waals surface area contributed by atoms with Gasteiger partial charge >= 0.3 is 0 Å². The Balaban J connectivity index is 1.83. The van der Waals surface area contributed by atoms with E-state index in [-0.39, 0.29) is 0 Å². The van der Waals surface area contributed by atoms with E-state index in [0.29, 0.717) is 0 Å². The lowest BCUT2D eigenvalue weighted by atomic mass is 10.1. The lowest BCUT2D eigenvalue weighted by molar-refractivity contribution is 0.158. The van der Waals surface area contributed by atoms with Crippen molar-refractivity contribution < 1.29 is 0 Å². The van der Waals surface area contributed by atoms with Crippen molar-refractivity contribution in [3.63, 3.8) is 0 Å². The highest BCUT2D eigenvalue weighted by atomic mass is 15.2. The number of benzene rings is 1. The van der Waals surface area contributed by atoms with Crippen molar-refractivity contribution >= 4 is 5.69 Å². The molecule has 1 heterocycles. The van der Waals surface area contributed by atoms with E-state index in [0.717, 1.165) is 50.5 Å². The fourth-order valence-electron chi connectivity index (χ4n) is 2.32. The van der Waals surface area contributed by atoms with Crippen molar-refractivity contribution in [2.45, 2.75) is 6.92 Å². The molecule has 1 N–H and O–H groups in total. The Morgan fingerprint density at radius 2 is 2.00 bits per heavy atom. The first-order valence-corrected chi connectivity index (χ1v) is 6.84. The predicted octanol–water partition coefficient (Wildman–Crippen LogP) is 1.53. The molecule has 1 fully saturated rings. The molecular formula is C15H22N4. The Hall–Kier alpha value is -1.57. The van der Waals surface area contributed by atoms with Gasteiger partial charge in [0.2, 0.25) is 0 Å². The van der Waals surface area contributed by atoms with Crippen molar-refractivity contribution in [3.05, 3.63) is 29.3 Å². The summed E-state index contributed by atoms with van der Waals surface area (Å²) < 4.78 is 0. The number of nitriles is 1. The molecule has 19 heavy (non-hydrogen) atoms. The number of anilines is 1. The minimum absolute atomic E-state index is 0.726. The van der Waals surface area contributed by atoms with Crippen LogP contribution in [0.3, 0.4) is 0 Å². The largest absolute Gasteiger partial charge is 0.383 e. The fourth-order valence-corrected chi connectivity index (χ4v) is 2.32. The first-order chi connectivity index (χ1) is 9.19. The molecule has 4 nitrogen and oxygen atoms in total. The van der Waals surface area contributed by atoms with Crippen LogP contribution in [0.4, 0.5) is 5.69 Å². The zero-order valence-electron chi connectivity index (χ0n) is 11.8. The van der Waals surface area contributed by atoms with Crippen molar-refractivity contribution in [2.75, 3.05) is 51.6 Å². The number of nitrogens with one attached hydrogen (secondary N) is 1. The van der Waals surface area contributed by atoms with E-state index < -0.39 is 0 Å². The number of hydrogen-bond donors (Lipinski definition) is 1. The molecule has 1 saturated heterocycles. The van der Waals surface area contributed by atoms with Crippen LogP contribution in [0.2, 0.25) is 0 Å². The second-order valence-electron chi connectivity index (χ2n) is 5.23. The molecule has 102 valence electrons. The molecule has 1 aromatic rings. The van der Waals surface area contributed by atoms with Crippen molar-refractivity contribution in [1.82, 2.24) is 9.80 Å². The van der Waals surface area contributed by atoms with Gasteiger partial charge in [0.1, 0.15) is 6.07 Å². The van der Waals surface area contributed by atoms with Crippen molar-refractivity contribution in [2.24, 2.45) is 0 Å². The smallest absolute Gasteiger partial charge is 0.101 e. The van der Waals surface area contributed by atoms with Gasteiger partial charge in [-0.05, 0) is 31.7 Å². The molecule has 2 rings (SSSR count). The second kappa shape index (κ2) is 6.55. The Kier molecular flexibility index (Phi) is 4.78. The summed E-state index contributed by atoms with van der Waals surface area (Å²) in [6.07, 6.45) is 0. The van der Waals surface area contributed by atoms with Gasteiger partial charge in [0.15, 0.2) is 0 Å². The average Bonchev–Trinajstić information content (AvgIpc) is 2.41. The van der Waals surface area contributed by atoms with Crippen LogP contribution in [0.15, 0.2) is 18.2 Å². The minimum atomic E-state index is 0.726. The molecule has 0 atom stereocenters. The van der Waals surface area contributed by atoms with Crippen molar-refractivity contribution in [1.29, 1.82) is 5.26 Å². The van der Waals surface area contributed by atoms with Gasteiger partial charge in [-0.25, -0.2) is 0 Å². The zero-order chi connectivity index (χ0) is 13.7. The Labute approximate surface area is 115 Å². The van der Waals surface area contributed by atoms with Gasteiger partial charge in [0.05, 0.1) is 11.3 Å². The minimum Gasteiger partial charge on any atom is -0.383 e. The van der Waals surface area contributed by atoms with Crippen LogP contribution >= 0.6 is 0 Å². The molecule has 0 unspecified atom stereocenters. The third-order valence-electron chi connectivity index (χ3n) is 3.63. The molecule has 0 bridgehead atoms. The van der Waals surface area contributed by atoms with Gasteiger partial charge in [-0.1, -0.05) is 6.07 Å². The van der Waals surface area contributed by atoms with Gasteiger partial charge in [-0.2, -0.15) is 5.26 Å². The van der Waals surface area contributed by atoms with E-state index in [9.17, 15) is 0 Å². The van der Waals surface area contributed by atoms with Crippen LogP contribution in [0.5, 0.6) is 0 Å². The summed E-state index contributed by atoms with van der Waals surface area (Å²) >= 11 is 0. The van der Waals surface area contributed by atoms with E-state index in [1.54, 1.807) is 0 Å². The van der Waals surface area contributed by atoms with Crippen LogP contribution in [-0.4, -0.2) is 56.1 Å². The molecule has 0 aliphatic carbocycles. The summed E-state index contributed by atoms with van der Waals surface area (Å²) in [5, 5.41) is 12.5. The molecule has 1 aromatic carbocycles. The topological polar surface area (TPSA) is 42.3 Å². The lowest BCUT2D eigenvalue weighted by Gasteiger charge is -2.32. The zero-order valence-corrected chi connectivity index (χ0v) is 11.8. The van der Waals surface area contributed by atoms with Crippen LogP contribution in [0, 0.1) is 18.3 Å². The summed E-state index contributed by atoms with van der Waals surface area (Å²) in [4.78, 5) is 4.83. The molecule has 0 radical (unpaired) electrons. The molecule has 4 heteroatoms. The molecular weight excluding hydrogens is 236 g/mol. The molecule has 0 aromatic heterocycles. The third-order valence-corrected chi connectivity index (χ3v) is 3.63. The van der Waals surface area contributed by atoms with Crippen LogP contribution in [0.25, 0.3) is 0 Å². The molecule has 0 saturated carbocycles. The summed E-state index contributed by atoms with van der Waals surface area (Å²) in [7, 11) is 2.17. The summed E-state index contributed by atoms with van der Waals surface area (Å²) in [6, 6.07) is 8.14. The summed E-state index contributed by atoms with van der Waals surface area (Å²) in [5.41, 5.74) is 2.86. The standard InChI is InChI=1S/C15H22N4/c1-13-3-4-14(12-16)15(11-13)17-5-6-19-9-7-18(2)8-10-19/h3-4,11,17H,5-10H2,1-2H3. The highest BCUT2D eigenvalue weighted by Crippen LogP contribution is 2.16. The van der Waals surface area contributed by atoms with Crippen LogP contribution in [-0.2, 0) is 0 Å². The van der Waals surface area contributed by atoms with E-state index in [1.807, 2.05) is 25.1 Å². The van der Waals surface area contributed by atoms with Crippen LogP contribution < -0.4 is 5.32 Å². The Morgan fingerprint density at radius 1 is 1.26 bits per heavy atom. The number of likely N-dealkylation sites (N-methyl/N-ethyl adjacent to an activating group) is 1. The fraction of sp³-hybridized carbons (Fsp3) is 0.533. The quantitative estimate of drug-likeness (QED) is 0.889. The van der Waals surface area contributed by atoms with E-state index in [1.165, 1.54) is 5.56 Å². The SMILES string of the molecule is Cc1ccc(C#N)c(NCCN2CCN(C)CC2)c1. The second-order valence-corrected chi connectivity index (χ2v) is 5.23. The van der Waals surface area contributed by atoms with Gasteiger partial charge in [-0.3, -0.25) is 4.90 Å². The summed E-state index contributed by atoms with van der Waals surface area (Å²) in [5.74, 6) is 0. The number of piperazine rings is 1. The van der Waals surface area contributed by atoms with Gasteiger partial charge in [0.25, 0.3) is 0 Å². The maximum absolute atomic E-state index is 9.08. The van der Waals surface area contributed by atoms with Gasteiger partial charge in [-0.15, -0.1) is 0 Å². The van der Waals surface area contributed by atoms with Gasteiger partial charge < -0.3 is 10.2 Å². The van der Waals surface area contributed by atoms with E-state index in [2.05, 4.69) is 28.2 Å². The monoisotopic (exact) mass is 258 g/mol. The Bertz CT molecular complexity index is 456. The molecule has 1 aliphatic rings. The summed E-state index contributed by atoms with van der Waals surface area (Å²) in [6.45, 7) is 8.54. The molecule has 0 amide bonds. The first-order valence-electron chi connectivity index (χ1n) is 6.84. The first kappa shape index (κ1) is 13.9. The number of hydrogen-bond acceptors (Lipinski definition) is 4. The van der Waals surface area contributed by atoms with E-state index >= 15 is 0 Å². The molecule has 1 aliphatic heterocycles. The van der Waals surface area contributed by atoms with Gasteiger partial charge in [0, 0.05) is 39.3 Å². The van der Waals surface area contributed by atoms with Crippen LogP contribution in [0.1, 0.15) is 11.1 Å². The normalized spacial score (nSPS) is 17.1. The average molecular weight is 258 g/mol.